The lowest BCUT2D eigenvalue weighted by atomic mass is 9.57. The van der Waals surface area contributed by atoms with Crippen LogP contribution in [0, 0.1) is 17.3 Å². The number of amides is 4. The molecule has 0 radical (unpaired) electrons. The van der Waals surface area contributed by atoms with E-state index in [1.807, 2.05) is 18.2 Å². The van der Waals surface area contributed by atoms with Crippen molar-refractivity contribution < 1.29 is 37.5 Å². The van der Waals surface area contributed by atoms with Crippen LogP contribution in [0.25, 0.3) is 15.9 Å². The fourth-order valence-electron chi connectivity index (χ4n) is 10.5. The fraction of sp³-hybridized carbons (Fsp3) is 0.478. The molecule has 4 amide bonds. The number of aromatic nitrogens is 2. The van der Waals surface area contributed by atoms with Crippen LogP contribution in [-0.2, 0) is 21.4 Å². The van der Waals surface area contributed by atoms with Crippen LogP contribution >= 0.6 is 11.3 Å². The molecule has 2 saturated heterocycles. The largest absolute Gasteiger partial charge is 0.433 e. The second kappa shape index (κ2) is 15.9. The highest BCUT2D eigenvalue weighted by atomic mass is 32.1. The standard InChI is InChI=1S/C46H50F3N7O5S/c1-25-29-6-4-7-31(39(29)43(60)56(25)35-14-15-38(57)54-41(35)59)50-17-16-27-20-45(21-27)23-55(24-45)22-26-10-12-28(13-11-26)42-53-34-18-30(44(2,3)61)33(19-36(34)62-42)52-40(58)32-8-5-9-37(51-32)46(47,48)49/h4-9,18-19,26-28,35,50,61H,1,10-17,20-24H2,2-3H3,(H,52,58)(H,54,57,59)/t26?,28?,35-/m1/s1. The van der Waals surface area contributed by atoms with Crippen LogP contribution in [0.1, 0.15) is 120 Å². The first-order valence-electron chi connectivity index (χ1n) is 21.4. The molecule has 1 spiro atoms. The van der Waals surface area contributed by atoms with Gasteiger partial charge in [-0.05, 0) is 113 Å². The third-order valence-electron chi connectivity index (χ3n) is 13.5. The molecule has 4 fully saturated rings. The molecule has 9 rings (SSSR count). The highest BCUT2D eigenvalue weighted by molar-refractivity contribution is 7.18. The van der Waals surface area contributed by atoms with Gasteiger partial charge < -0.3 is 20.6 Å². The van der Waals surface area contributed by atoms with Gasteiger partial charge in [-0.25, -0.2) is 9.97 Å². The minimum Gasteiger partial charge on any atom is -0.386 e. The zero-order valence-corrected chi connectivity index (χ0v) is 35.6. The number of hydrogen-bond donors (Lipinski definition) is 4. The number of thiazole rings is 1. The number of pyridine rings is 1. The summed E-state index contributed by atoms with van der Waals surface area (Å²) in [6.07, 6.45) is 3.50. The maximum Gasteiger partial charge on any atom is 0.433 e. The molecule has 3 aliphatic heterocycles. The van der Waals surface area contributed by atoms with Gasteiger partial charge in [0.25, 0.3) is 11.8 Å². The molecule has 2 saturated carbocycles. The number of fused-ring (bicyclic) bond motifs is 2. The van der Waals surface area contributed by atoms with Crippen molar-refractivity contribution in [3.8, 4) is 0 Å². The Kier molecular flexibility index (Phi) is 10.8. The number of anilines is 2. The number of likely N-dealkylation sites (tertiary alicyclic amines) is 1. The summed E-state index contributed by atoms with van der Waals surface area (Å²) in [6.45, 7) is 11.4. The van der Waals surface area contributed by atoms with Gasteiger partial charge in [-0.1, -0.05) is 24.8 Å². The molecule has 2 aromatic heterocycles. The van der Waals surface area contributed by atoms with Crippen molar-refractivity contribution in [3.05, 3.63) is 88.2 Å². The van der Waals surface area contributed by atoms with E-state index in [4.69, 9.17) is 4.98 Å². The summed E-state index contributed by atoms with van der Waals surface area (Å²) in [4.78, 5) is 63.5. The van der Waals surface area contributed by atoms with E-state index in [9.17, 15) is 37.5 Å². The molecule has 16 heteroatoms. The average molecular weight is 870 g/mol. The van der Waals surface area contributed by atoms with Gasteiger partial charge >= 0.3 is 6.18 Å². The Hall–Kier alpha value is -5.19. The van der Waals surface area contributed by atoms with Crippen molar-refractivity contribution in [1.29, 1.82) is 0 Å². The van der Waals surface area contributed by atoms with Crippen molar-refractivity contribution in [2.45, 2.75) is 95.4 Å². The number of hydrogen-bond acceptors (Lipinski definition) is 10. The number of rotatable bonds is 11. The van der Waals surface area contributed by atoms with Crippen LogP contribution in [0.2, 0.25) is 0 Å². The molecule has 2 aromatic carbocycles. The Bertz CT molecular complexity index is 2480. The van der Waals surface area contributed by atoms with Gasteiger partial charge in [0.15, 0.2) is 0 Å². The molecule has 0 bridgehead atoms. The van der Waals surface area contributed by atoms with E-state index >= 15 is 0 Å². The van der Waals surface area contributed by atoms with E-state index in [1.165, 1.54) is 23.8 Å². The molecular formula is C46H50F3N7O5S. The quantitative estimate of drug-likeness (QED) is 0.110. The summed E-state index contributed by atoms with van der Waals surface area (Å²) in [6, 6.07) is 11.6. The Balaban J connectivity index is 0.735. The van der Waals surface area contributed by atoms with Crippen LogP contribution in [-0.4, -0.2) is 80.7 Å². The van der Waals surface area contributed by atoms with Gasteiger partial charge in [0.1, 0.15) is 17.4 Å². The van der Waals surface area contributed by atoms with Crippen LogP contribution in [0.15, 0.2) is 55.1 Å². The SMILES string of the molecule is C=C1c2cccc(NCCC3CC4(C3)CN(CC3CCC(c5nc6cc(C(C)(C)O)c(NC(=O)c7cccc(C(F)(F)F)n7)cc6s5)CC3)C4)c2C(=O)N1[C@@H]1CCC(=O)NC1=O. The predicted octanol–water partition coefficient (Wildman–Crippen LogP) is 7.91. The summed E-state index contributed by atoms with van der Waals surface area (Å²) < 4.78 is 40.6. The monoisotopic (exact) mass is 869 g/mol. The van der Waals surface area contributed by atoms with Gasteiger partial charge in [0, 0.05) is 66.7 Å². The molecule has 2 aliphatic carbocycles. The number of halogens is 3. The van der Waals surface area contributed by atoms with Crippen LogP contribution in [0.3, 0.4) is 0 Å². The molecule has 4 aromatic rings. The summed E-state index contributed by atoms with van der Waals surface area (Å²) >= 11 is 1.56. The van der Waals surface area contributed by atoms with Gasteiger partial charge in [0.2, 0.25) is 11.8 Å². The summed E-state index contributed by atoms with van der Waals surface area (Å²) in [5, 5.41) is 20.6. The van der Waals surface area contributed by atoms with Crippen molar-refractivity contribution in [3.63, 3.8) is 0 Å². The molecule has 62 heavy (non-hydrogen) atoms. The second-order valence-corrected chi connectivity index (χ2v) is 19.6. The first kappa shape index (κ1) is 42.1. The maximum absolute atomic E-state index is 13.6. The van der Waals surface area contributed by atoms with Crippen LogP contribution in [0.4, 0.5) is 24.5 Å². The normalized spacial score (nSPS) is 23.0. The number of benzene rings is 2. The number of alkyl halides is 3. The minimum absolute atomic E-state index is 0.187. The average Bonchev–Trinajstić information content (AvgIpc) is 3.73. The summed E-state index contributed by atoms with van der Waals surface area (Å²) in [5.41, 5.74) is 1.44. The predicted molar refractivity (Wildman–Crippen MR) is 229 cm³/mol. The maximum atomic E-state index is 13.6. The topological polar surface area (TPSA) is 157 Å². The molecule has 0 unspecified atom stereocenters. The second-order valence-electron chi connectivity index (χ2n) is 18.5. The number of nitrogens with one attached hydrogen (secondary N) is 3. The van der Waals surface area contributed by atoms with E-state index in [2.05, 4.69) is 32.4 Å². The Labute approximate surface area is 361 Å². The smallest absolute Gasteiger partial charge is 0.386 e. The van der Waals surface area contributed by atoms with E-state index in [0.717, 1.165) is 85.8 Å². The van der Waals surface area contributed by atoms with Crippen LogP contribution < -0.4 is 16.0 Å². The van der Waals surface area contributed by atoms with Crippen molar-refractivity contribution in [1.82, 2.24) is 25.1 Å². The third kappa shape index (κ3) is 8.12. The lowest BCUT2D eigenvalue weighted by molar-refractivity contribution is -0.141. The van der Waals surface area contributed by atoms with Crippen molar-refractivity contribution in [2.24, 2.45) is 17.3 Å². The molecular weight excluding hydrogens is 820 g/mol. The molecule has 1 atom stereocenters. The van der Waals surface area contributed by atoms with Crippen molar-refractivity contribution in [2.75, 3.05) is 36.8 Å². The highest BCUT2D eigenvalue weighted by Gasteiger charge is 2.52. The molecule has 5 heterocycles. The number of nitrogens with zero attached hydrogens (tertiary/aromatic N) is 4. The number of carbonyl (C=O) groups is 4. The van der Waals surface area contributed by atoms with E-state index < -0.39 is 35.3 Å². The molecule has 5 aliphatic rings. The lowest BCUT2D eigenvalue weighted by Gasteiger charge is -2.60. The number of aliphatic hydroxyl groups is 1. The Morgan fingerprint density at radius 2 is 1.73 bits per heavy atom. The Morgan fingerprint density at radius 1 is 0.984 bits per heavy atom. The first-order chi connectivity index (χ1) is 29.4. The minimum atomic E-state index is -4.69. The summed E-state index contributed by atoms with van der Waals surface area (Å²) in [5.74, 6) is -0.275. The number of carbonyl (C=O) groups excluding carboxylic acids is 4. The number of piperidine rings is 1. The van der Waals surface area contributed by atoms with Gasteiger partial charge in [-0.2, -0.15) is 13.2 Å². The van der Waals surface area contributed by atoms with Crippen LogP contribution in [0.5, 0.6) is 0 Å². The Morgan fingerprint density at radius 3 is 2.44 bits per heavy atom. The lowest BCUT2D eigenvalue weighted by Crippen LogP contribution is -2.63. The highest BCUT2D eigenvalue weighted by Crippen LogP contribution is 2.54. The van der Waals surface area contributed by atoms with Gasteiger partial charge in [-0.15, -0.1) is 11.3 Å². The zero-order chi connectivity index (χ0) is 43.7. The molecule has 4 N–H and O–H groups in total. The van der Waals surface area contributed by atoms with Gasteiger partial charge in [-0.3, -0.25) is 29.4 Å². The number of imide groups is 1. The van der Waals surface area contributed by atoms with E-state index in [1.54, 1.807) is 37.3 Å². The van der Waals surface area contributed by atoms with Crippen molar-refractivity contribution >= 4 is 62.3 Å². The molecule has 12 nitrogen and oxygen atoms in total. The zero-order valence-electron chi connectivity index (χ0n) is 34.7. The van der Waals surface area contributed by atoms with Gasteiger partial charge in [0.05, 0.1) is 26.4 Å². The van der Waals surface area contributed by atoms with E-state index in [-0.39, 0.29) is 30.3 Å². The van der Waals surface area contributed by atoms with E-state index in [0.29, 0.717) is 56.8 Å². The first-order valence-corrected chi connectivity index (χ1v) is 22.2. The molecule has 326 valence electrons. The fourth-order valence-corrected chi connectivity index (χ4v) is 11.7. The summed E-state index contributed by atoms with van der Waals surface area (Å²) in [7, 11) is 0. The third-order valence-corrected chi connectivity index (χ3v) is 14.7.